The fraction of sp³-hybridized carbons (Fsp3) is 0.375. The lowest BCUT2D eigenvalue weighted by molar-refractivity contribution is 0.224. The minimum atomic E-state index is -0.592. The first-order chi connectivity index (χ1) is 8.79. The summed E-state index contributed by atoms with van der Waals surface area (Å²) in [5.74, 6) is 0. The summed E-state index contributed by atoms with van der Waals surface area (Å²) in [4.78, 5) is 0.894. The van der Waals surface area contributed by atoms with Gasteiger partial charge in [0.25, 0.3) is 0 Å². The van der Waals surface area contributed by atoms with Crippen LogP contribution in [0.15, 0.2) is 30.3 Å². The Labute approximate surface area is 123 Å². The van der Waals surface area contributed by atoms with Gasteiger partial charge in [0.2, 0.25) is 0 Å². The van der Waals surface area contributed by atoms with E-state index in [0.717, 1.165) is 20.3 Å². The molecule has 1 heterocycles. The summed E-state index contributed by atoms with van der Waals surface area (Å²) in [5, 5.41) is 10.4. The summed E-state index contributed by atoms with van der Waals surface area (Å²) in [6.07, 6.45) is -0.592. The first-order valence-corrected chi connectivity index (χ1v) is 7.53. The molecule has 0 saturated heterocycles. The molecule has 0 radical (unpaired) electrons. The predicted molar refractivity (Wildman–Crippen MR) is 83.3 cm³/mol. The Bertz CT molecular complexity index is 544. The highest BCUT2D eigenvalue weighted by Gasteiger charge is 2.17. The topological polar surface area (TPSA) is 20.2 Å². The Balaban J connectivity index is 2.27. The predicted octanol–water partition coefficient (Wildman–Crippen LogP) is 5.09. The normalized spacial score (nSPS) is 13.6. The molecule has 1 aromatic carbocycles. The van der Waals surface area contributed by atoms with E-state index in [1.165, 1.54) is 16.9 Å². The van der Waals surface area contributed by atoms with Crippen molar-refractivity contribution in [1.29, 1.82) is 0 Å². The molecule has 0 amide bonds. The van der Waals surface area contributed by atoms with E-state index < -0.39 is 6.10 Å². The summed E-state index contributed by atoms with van der Waals surface area (Å²) in [5.41, 5.74) is 3.33. The second-order valence-electron chi connectivity index (χ2n) is 5.88. The quantitative estimate of drug-likeness (QED) is 0.818. The van der Waals surface area contributed by atoms with Crippen LogP contribution >= 0.6 is 22.9 Å². The van der Waals surface area contributed by atoms with E-state index in [9.17, 15) is 5.11 Å². The fourth-order valence-corrected chi connectivity index (χ4v) is 3.18. The lowest BCUT2D eigenvalue weighted by atomic mass is 9.86. The molecule has 3 heteroatoms. The van der Waals surface area contributed by atoms with Gasteiger partial charge in [-0.05, 0) is 35.1 Å². The van der Waals surface area contributed by atoms with E-state index in [1.54, 1.807) is 0 Å². The lowest BCUT2D eigenvalue weighted by Crippen LogP contribution is -2.11. The van der Waals surface area contributed by atoms with E-state index in [0.29, 0.717) is 0 Å². The van der Waals surface area contributed by atoms with Crippen LogP contribution in [0.4, 0.5) is 0 Å². The lowest BCUT2D eigenvalue weighted by Gasteiger charge is -2.19. The molecule has 0 bridgehead atoms. The molecule has 19 heavy (non-hydrogen) atoms. The van der Waals surface area contributed by atoms with Crippen LogP contribution in [0.3, 0.4) is 0 Å². The van der Waals surface area contributed by atoms with Gasteiger partial charge in [0.1, 0.15) is 6.10 Å². The Morgan fingerprint density at radius 3 is 2.16 bits per heavy atom. The molecule has 0 aliphatic heterocycles. The second-order valence-corrected chi connectivity index (χ2v) is 7.57. The third kappa shape index (κ3) is 3.19. The number of aliphatic hydroxyl groups excluding tert-OH is 1. The molecule has 1 unspecified atom stereocenters. The summed E-state index contributed by atoms with van der Waals surface area (Å²) in [6.45, 7) is 8.50. The Morgan fingerprint density at radius 1 is 1.16 bits per heavy atom. The number of hydrogen-bond donors (Lipinski definition) is 1. The molecular formula is C16H19ClOS. The maximum Gasteiger partial charge on any atom is 0.113 e. The average Bonchev–Trinajstić information content (AvgIpc) is 2.68. The van der Waals surface area contributed by atoms with Crippen molar-refractivity contribution in [2.24, 2.45) is 0 Å². The molecule has 2 rings (SSSR count). The van der Waals surface area contributed by atoms with E-state index in [2.05, 4.69) is 32.9 Å². The first-order valence-electron chi connectivity index (χ1n) is 6.33. The molecule has 1 N–H and O–H groups in total. The van der Waals surface area contributed by atoms with E-state index in [-0.39, 0.29) is 5.41 Å². The number of aryl methyl sites for hydroxylation is 1. The molecule has 0 saturated carbocycles. The number of rotatable bonds is 2. The largest absolute Gasteiger partial charge is 0.383 e. The molecule has 0 spiro atoms. The van der Waals surface area contributed by atoms with Crippen molar-refractivity contribution < 1.29 is 5.11 Å². The number of benzene rings is 1. The number of halogens is 1. The fourth-order valence-electron chi connectivity index (χ4n) is 1.95. The Kier molecular flexibility index (Phi) is 4.05. The summed E-state index contributed by atoms with van der Waals surface area (Å²) >= 11 is 7.50. The van der Waals surface area contributed by atoms with Gasteiger partial charge in [-0.15, -0.1) is 11.3 Å². The van der Waals surface area contributed by atoms with Gasteiger partial charge in [0, 0.05) is 4.88 Å². The molecule has 2 aromatic rings. The van der Waals surface area contributed by atoms with Crippen LogP contribution in [0.2, 0.25) is 4.34 Å². The number of aliphatic hydroxyl groups is 1. The summed E-state index contributed by atoms with van der Waals surface area (Å²) in [6, 6.07) is 10.1. The second kappa shape index (κ2) is 5.28. The van der Waals surface area contributed by atoms with Crippen LogP contribution in [-0.2, 0) is 5.41 Å². The Morgan fingerprint density at radius 2 is 1.74 bits per heavy atom. The van der Waals surface area contributed by atoms with Crippen LogP contribution in [0.1, 0.15) is 48.4 Å². The maximum absolute atomic E-state index is 10.4. The van der Waals surface area contributed by atoms with Gasteiger partial charge >= 0.3 is 0 Å². The number of thiophene rings is 1. The van der Waals surface area contributed by atoms with Gasteiger partial charge in [-0.3, -0.25) is 0 Å². The van der Waals surface area contributed by atoms with Crippen LogP contribution < -0.4 is 0 Å². The summed E-state index contributed by atoms with van der Waals surface area (Å²) < 4.78 is 0.750. The molecule has 1 nitrogen and oxygen atoms in total. The standard InChI is InChI=1S/C16H19ClOS/c1-10-9-13(19-15(10)17)14(18)11-5-7-12(8-6-11)16(2,3)4/h5-9,14,18H,1-4H3. The molecule has 1 aromatic heterocycles. The van der Waals surface area contributed by atoms with Gasteiger partial charge in [-0.1, -0.05) is 56.6 Å². The van der Waals surface area contributed by atoms with Crippen LogP contribution in [0, 0.1) is 6.92 Å². The summed E-state index contributed by atoms with van der Waals surface area (Å²) in [7, 11) is 0. The van der Waals surface area contributed by atoms with E-state index in [1.807, 2.05) is 25.1 Å². The smallest absolute Gasteiger partial charge is 0.113 e. The SMILES string of the molecule is Cc1cc(C(O)c2ccc(C(C)(C)C)cc2)sc1Cl. The zero-order valence-electron chi connectivity index (χ0n) is 11.7. The van der Waals surface area contributed by atoms with E-state index in [4.69, 9.17) is 11.6 Å². The van der Waals surface area contributed by atoms with Crippen molar-refractivity contribution in [3.05, 3.63) is 56.2 Å². The molecule has 1 atom stereocenters. The minimum absolute atomic E-state index is 0.131. The molecule has 0 fully saturated rings. The van der Waals surface area contributed by atoms with Crippen molar-refractivity contribution in [3.8, 4) is 0 Å². The van der Waals surface area contributed by atoms with Crippen molar-refractivity contribution in [2.45, 2.75) is 39.2 Å². The van der Waals surface area contributed by atoms with Gasteiger partial charge in [-0.25, -0.2) is 0 Å². The zero-order valence-corrected chi connectivity index (χ0v) is 13.3. The van der Waals surface area contributed by atoms with Gasteiger partial charge in [0.15, 0.2) is 0 Å². The highest BCUT2D eigenvalue weighted by Crippen LogP contribution is 2.34. The van der Waals surface area contributed by atoms with Gasteiger partial charge in [0.05, 0.1) is 4.34 Å². The van der Waals surface area contributed by atoms with Crippen LogP contribution in [0.25, 0.3) is 0 Å². The maximum atomic E-state index is 10.4. The minimum Gasteiger partial charge on any atom is -0.383 e. The van der Waals surface area contributed by atoms with Crippen molar-refractivity contribution in [1.82, 2.24) is 0 Å². The number of hydrogen-bond acceptors (Lipinski definition) is 2. The molecule has 0 aliphatic carbocycles. The molecule has 102 valence electrons. The van der Waals surface area contributed by atoms with Crippen LogP contribution in [-0.4, -0.2) is 5.11 Å². The highest BCUT2D eigenvalue weighted by atomic mass is 35.5. The monoisotopic (exact) mass is 294 g/mol. The van der Waals surface area contributed by atoms with E-state index >= 15 is 0 Å². The van der Waals surface area contributed by atoms with Crippen LogP contribution in [0.5, 0.6) is 0 Å². The Hall–Kier alpha value is -0.830. The average molecular weight is 295 g/mol. The third-order valence-electron chi connectivity index (χ3n) is 3.24. The van der Waals surface area contributed by atoms with Crippen molar-refractivity contribution in [2.75, 3.05) is 0 Å². The first kappa shape index (κ1) is 14.6. The zero-order chi connectivity index (χ0) is 14.2. The van der Waals surface area contributed by atoms with Crippen molar-refractivity contribution in [3.63, 3.8) is 0 Å². The molecular weight excluding hydrogens is 276 g/mol. The van der Waals surface area contributed by atoms with Crippen molar-refractivity contribution >= 4 is 22.9 Å². The van der Waals surface area contributed by atoms with Gasteiger partial charge in [-0.2, -0.15) is 0 Å². The third-order valence-corrected chi connectivity index (χ3v) is 4.85. The van der Waals surface area contributed by atoms with Gasteiger partial charge < -0.3 is 5.11 Å². The molecule has 0 aliphatic rings. The highest BCUT2D eigenvalue weighted by molar-refractivity contribution is 7.16.